The SMILES string of the molecule is C[C@@H](NC(=O)Cn1nc(-c2ccccc2)oc1=O)c1cc2ccccc2o1. The summed E-state index contributed by atoms with van der Waals surface area (Å²) in [7, 11) is 0. The highest BCUT2D eigenvalue weighted by Crippen LogP contribution is 2.23. The Morgan fingerprint density at radius 1 is 1.11 bits per heavy atom. The monoisotopic (exact) mass is 363 g/mol. The molecule has 4 aromatic rings. The van der Waals surface area contributed by atoms with Gasteiger partial charge in [-0.3, -0.25) is 4.79 Å². The van der Waals surface area contributed by atoms with Crippen molar-refractivity contribution in [2.75, 3.05) is 0 Å². The fourth-order valence-corrected chi connectivity index (χ4v) is 2.81. The molecule has 136 valence electrons. The quantitative estimate of drug-likeness (QED) is 0.588. The van der Waals surface area contributed by atoms with Gasteiger partial charge >= 0.3 is 5.76 Å². The van der Waals surface area contributed by atoms with Crippen LogP contribution in [0.15, 0.2) is 74.3 Å². The van der Waals surface area contributed by atoms with Crippen LogP contribution in [0.2, 0.25) is 0 Å². The number of benzene rings is 2. The Labute approximate surface area is 154 Å². The van der Waals surface area contributed by atoms with Crippen LogP contribution in [0.5, 0.6) is 0 Å². The van der Waals surface area contributed by atoms with Crippen LogP contribution in [0.25, 0.3) is 22.4 Å². The highest BCUT2D eigenvalue weighted by atomic mass is 16.4. The zero-order chi connectivity index (χ0) is 18.8. The van der Waals surface area contributed by atoms with Crippen molar-refractivity contribution < 1.29 is 13.6 Å². The lowest BCUT2D eigenvalue weighted by atomic mass is 10.2. The Morgan fingerprint density at radius 3 is 2.63 bits per heavy atom. The number of fused-ring (bicyclic) bond motifs is 1. The second kappa shape index (κ2) is 6.95. The van der Waals surface area contributed by atoms with E-state index >= 15 is 0 Å². The van der Waals surface area contributed by atoms with Crippen molar-refractivity contribution in [3.05, 3.63) is 77.0 Å². The van der Waals surface area contributed by atoms with Gasteiger partial charge < -0.3 is 14.2 Å². The van der Waals surface area contributed by atoms with Crippen molar-refractivity contribution in [2.45, 2.75) is 19.5 Å². The summed E-state index contributed by atoms with van der Waals surface area (Å²) in [5, 5.41) is 7.86. The van der Waals surface area contributed by atoms with Crippen LogP contribution in [-0.4, -0.2) is 15.7 Å². The van der Waals surface area contributed by atoms with Gasteiger partial charge in [0.2, 0.25) is 11.8 Å². The van der Waals surface area contributed by atoms with Gasteiger partial charge in [0.05, 0.1) is 6.04 Å². The molecule has 0 aliphatic carbocycles. The molecule has 0 spiro atoms. The van der Waals surface area contributed by atoms with E-state index in [0.29, 0.717) is 11.3 Å². The van der Waals surface area contributed by atoms with Gasteiger partial charge in [-0.25, -0.2) is 4.79 Å². The average Bonchev–Trinajstić information content (AvgIpc) is 3.26. The van der Waals surface area contributed by atoms with Crippen molar-refractivity contribution in [3.63, 3.8) is 0 Å². The number of furan rings is 1. The van der Waals surface area contributed by atoms with Crippen LogP contribution in [0.3, 0.4) is 0 Å². The summed E-state index contributed by atoms with van der Waals surface area (Å²) in [5.41, 5.74) is 1.43. The third kappa shape index (κ3) is 3.52. The Balaban J connectivity index is 1.46. The van der Waals surface area contributed by atoms with Crippen molar-refractivity contribution >= 4 is 16.9 Å². The Morgan fingerprint density at radius 2 is 1.85 bits per heavy atom. The molecule has 27 heavy (non-hydrogen) atoms. The van der Waals surface area contributed by atoms with Gasteiger partial charge in [0.25, 0.3) is 0 Å². The lowest BCUT2D eigenvalue weighted by molar-refractivity contribution is -0.122. The molecule has 4 rings (SSSR count). The number of aromatic nitrogens is 2. The van der Waals surface area contributed by atoms with E-state index in [0.717, 1.165) is 15.7 Å². The first-order valence-electron chi connectivity index (χ1n) is 8.51. The standard InChI is InChI=1S/C20H17N3O4/c1-13(17-11-15-9-5-6-10-16(15)26-17)21-18(24)12-23-20(25)27-19(22-23)14-7-3-2-4-8-14/h2-11,13H,12H2,1H3,(H,21,24)/t13-/m1/s1. The molecule has 0 saturated carbocycles. The van der Waals surface area contributed by atoms with Gasteiger partial charge in [-0.2, -0.15) is 4.68 Å². The summed E-state index contributed by atoms with van der Waals surface area (Å²) in [5.74, 6) is -0.223. The summed E-state index contributed by atoms with van der Waals surface area (Å²) >= 11 is 0. The molecule has 0 bridgehead atoms. The lowest BCUT2D eigenvalue weighted by Crippen LogP contribution is -2.33. The van der Waals surface area contributed by atoms with Crippen LogP contribution in [0.4, 0.5) is 0 Å². The maximum Gasteiger partial charge on any atom is 0.437 e. The smallest absolute Gasteiger partial charge is 0.437 e. The minimum absolute atomic E-state index is 0.179. The minimum atomic E-state index is -0.680. The summed E-state index contributed by atoms with van der Waals surface area (Å²) < 4.78 is 11.9. The third-order valence-electron chi connectivity index (χ3n) is 4.17. The normalized spacial score (nSPS) is 12.2. The first-order valence-corrected chi connectivity index (χ1v) is 8.51. The molecule has 0 radical (unpaired) electrons. The lowest BCUT2D eigenvalue weighted by Gasteiger charge is -2.10. The first-order chi connectivity index (χ1) is 13.1. The number of hydrogen-bond acceptors (Lipinski definition) is 5. The van der Waals surface area contributed by atoms with E-state index in [9.17, 15) is 9.59 Å². The van der Waals surface area contributed by atoms with Gasteiger partial charge in [0, 0.05) is 10.9 Å². The van der Waals surface area contributed by atoms with Gasteiger partial charge in [-0.1, -0.05) is 36.4 Å². The van der Waals surface area contributed by atoms with E-state index in [2.05, 4.69) is 10.4 Å². The van der Waals surface area contributed by atoms with Gasteiger partial charge in [-0.05, 0) is 31.2 Å². The van der Waals surface area contributed by atoms with E-state index < -0.39 is 5.76 Å². The molecule has 0 aliphatic heterocycles. The number of para-hydroxylation sites is 1. The number of carbonyl (C=O) groups is 1. The summed E-state index contributed by atoms with van der Waals surface area (Å²) in [6.07, 6.45) is 0. The van der Waals surface area contributed by atoms with Crippen LogP contribution in [0, 0.1) is 0 Å². The number of nitrogens with zero attached hydrogens (tertiary/aromatic N) is 2. The molecule has 0 fully saturated rings. The molecular weight excluding hydrogens is 346 g/mol. The van der Waals surface area contributed by atoms with E-state index in [1.807, 2.05) is 55.5 Å². The molecule has 2 heterocycles. The predicted octanol–water partition coefficient (Wildman–Crippen LogP) is 3.13. The molecule has 7 nitrogen and oxygen atoms in total. The molecule has 1 atom stereocenters. The zero-order valence-corrected chi connectivity index (χ0v) is 14.6. The van der Waals surface area contributed by atoms with Crippen LogP contribution in [0.1, 0.15) is 18.7 Å². The number of nitrogens with one attached hydrogen (secondary N) is 1. The molecule has 1 N–H and O–H groups in total. The molecule has 0 aliphatic rings. The van der Waals surface area contributed by atoms with E-state index in [1.165, 1.54) is 0 Å². The van der Waals surface area contributed by atoms with Crippen LogP contribution >= 0.6 is 0 Å². The van der Waals surface area contributed by atoms with Crippen LogP contribution in [-0.2, 0) is 11.3 Å². The maximum absolute atomic E-state index is 12.3. The highest BCUT2D eigenvalue weighted by Gasteiger charge is 2.17. The molecule has 0 saturated heterocycles. The highest BCUT2D eigenvalue weighted by molar-refractivity contribution is 5.79. The maximum atomic E-state index is 12.3. The summed E-state index contributed by atoms with van der Waals surface area (Å²) in [4.78, 5) is 24.3. The molecule has 2 aromatic carbocycles. The number of hydrogen-bond donors (Lipinski definition) is 1. The van der Waals surface area contributed by atoms with Crippen molar-refractivity contribution in [3.8, 4) is 11.5 Å². The summed E-state index contributed by atoms with van der Waals surface area (Å²) in [6.45, 7) is 1.58. The average molecular weight is 363 g/mol. The van der Waals surface area contributed by atoms with Crippen molar-refractivity contribution in [1.82, 2.24) is 15.1 Å². The van der Waals surface area contributed by atoms with Gasteiger partial charge in [0.15, 0.2) is 0 Å². The van der Waals surface area contributed by atoms with E-state index in [-0.39, 0.29) is 24.4 Å². The second-order valence-corrected chi connectivity index (χ2v) is 6.17. The Bertz CT molecular complexity index is 1110. The number of carbonyl (C=O) groups excluding carboxylic acids is 1. The van der Waals surface area contributed by atoms with Crippen molar-refractivity contribution in [2.24, 2.45) is 0 Å². The number of amides is 1. The van der Waals surface area contributed by atoms with Gasteiger partial charge in [-0.15, -0.1) is 5.10 Å². The second-order valence-electron chi connectivity index (χ2n) is 6.17. The zero-order valence-electron chi connectivity index (χ0n) is 14.6. The Kier molecular flexibility index (Phi) is 4.33. The fourth-order valence-electron chi connectivity index (χ4n) is 2.81. The number of rotatable bonds is 5. The molecule has 0 unspecified atom stereocenters. The van der Waals surface area contributed by atoms with Crippen molar-refractivity contribution in [1.29, 1.82) is 0 Å². The molecule has 1 amide bonds. The van der Waals surface area contributed by atoms with E-state index in [4.69, 9.17) is 8.83 Å². The third-order valence-corrected chi connectivity index (χ3v) is 4.17. The summed E-state index contributed by atoms with van der Waals surface area (Å²) in [6, 6.07) is 18.2. The minimum Gasteiger partial charge on any atom is -0.459 e. The molecule has 2 aromatic heterocycles. The van der Waals surface area contributed by atoms with E-state index in [1.54, 1.807) is 12.1 Å². The van der Waals surface area contributed by atoms with Crippen LogP contribution < -0.4 is 11.1 Å². The van der Waals surface area contributed by atoms with Gasteiger partial charge in [0.1, 0.15) is 17.9 Å². The predicted molar refractivity (Wildman–Crippen MR) is 99.0 cm³/mol. The molecular formula is C20H17N3O4. The first kappa shape index (κ1) is 16.8. The molecule has 7 heteroatoms. The topological polar surface area (TPSA) is 90.3 Å². The Hall–Kier alpha value is -3.61. The largest absolute Gasteiger partial charge is 0.459 e. The fraction of sp³-hybridized carbons (Fsp3) is 0.150.